The standard InChI is InChI=1S/C19H19NO5S/c1-26-17-9-5-2-6-14(17)19(22)24-12-18(21)20-10-13-11-23-15-7-3-4-8-16(15)25-13/h2-9,13H,10-12H2,1H3,(H,20,21). The summed E-state index contributed by atoms with van der Waals surface area (Å²) >= 11 is 1.45. The van der Waals surface area contributed by atoms with Crippen LogP contribution in [0.5, 0.6) is 11.5 Å². The van der Waals surface area contributed by atoms with Gasteiger partial charge in [0.2, 0.25) is 0 Å². The highest BCUT2D eigenvalue weighted by Crippen LogP contribution is 2.30. The maximum Gasteiger partial charge on any atom is 0.339 e. The smallest absolute Gasteiger partial charge is 0.339 e. The Labute approximate surface area is 155 Å². The maximum atomic E-state index is 12.1. The molecule has 1 aliphatic rings. The van der Waals surface area contributed by atoms with Gasteiger partial charge in [-0.1, -0.05) is 24.3 Å². The van der Waals surface area contributed by atoms with Crippen LogP contribution in [-0.4, -0.2) is 44.0 Å². The molecule has 2 aromatic rings. The summed E-state index contributed by atoms with van der Waals surface area (Å²) in [6, 6.07) is 14.5. The first-order chi connectivity index (χ1) is 12.7. The molecule has 0 aromatic heterocycles. The first-order valence-electron chi connectivity index (χ1n) is 8.12. The van der Waals surface area contributed by atoms with Gasteiger partial charge in [0, 0.05) is 4.90 Å². The van der Waals surface area contributed by atoms with Crippen molar-refractivity contribution in [2.75, 3.05) is 26.0 Å². The van der Waals surface area contributed by atoms with E-state index in [1.807, 2.05) is 42.7 Å². The van der Waals surface area contributed by atoms with E-state index in [0.717, 1.165) is 4.90 Å². The van der Waals surface area contributed by atoms with Crippen LogP contribution in [0.2, 0.25) is 0 Å². The van der Waals surface area contributed by atoms with Crippen molar-refractivity contribution in [3.05, 3.63) is 54.1 Å². The molecule has 6 nitrogen and oxygen atoms in total. The van der Waals surface area contributed by atoms with Crippen molar-refractivity contribution >= 4 is 23.6 Å². The third-order valence-corrected chi connectivity index (χ3v) is 4.55. The van der Waals surface area contributed by atoms with Gasteiger partial charge in [-0.3, -0.25) is 4.79 Å². The van der Waals surface area contributed by atoms with E-state index in [4.69, 9.17) is 14.2 Å². The van der Waals surface area contributed by atoms with Crippen molar-refractivity contribution in [2.45, 2.75) is 11.0 Å². The highest BCUT2D eigenvalue weighted by molar-refractivity contribution is 7.98. The minimum absolute atomic E-state index is 0.270. The largest absolute Gasteiger partial charge is 0.486 e. The number of thioether (sulfide) groups is 1. The lowest BCUT2D eigenvalue weighted by molar-refractivity contribution is -0.124. The van der Waals surface area contributed by atoms with Gasteiger partial charge in [0.05, 0.1) is 12.1 Å². The maximum absolute atomic E-state index is 12.1. The van der Waals surface area contributed by atoms with Crippen LogP contribution in [0.3, 0.4) is 0 Å². The van der Waals surface area contributed by atoms with Gasteiger partial charge < -0.3 is 19.5 Å². The third kappa shape index (κ3) is 4.49. The Morgan fingerprint density at radius 3 is 2.69 bits per heavy atom. The van der Waals surface area contributed by atoms with Crippen molar-refractivity contribution in [2.24, 2.45) is 0 Å². The Kier molecular flexibility index (Phi) is 6.01. The predicted octanol–water partition coefficient (Wildman–Crippen LogP) is 2.52. The topological polar surface area (TPSA) is 73.9 Å². The van der Waals surface area contributed by atoms with Gasteiger partial charge in [-0.05, 0) is 30.5 Å². The van der Waals surface area contributed by atoms with Crippen LogP contribution in [0.4, 0.5) is 0 Å². The molecule has 0 aliphatic carbocycles. The molecule has 7 heteroatoms. The van der Waals surface area contributed by atoms with Gasteiger partial charge in [0.25, 0.3) is 5.91 Å². The van der Waals surface area contributed by atoms with E-state index < -0.39 is 5.97 Å². The van der Waals surface area contributed by atoms with Crippen LogP contribution in [0.15, 0.2) is 53.4 Å². The fourth-order valence-corrected chi connectivity index (χ4v) is 3.05. The van der Waals surface area contributed by atoms with Crippen LogP contribution in [0.25, 0.3) is 0 Å². The molecule has 0 fully saturated rings. The summed E-state index contributed by atoms with van der Waals surface area (Å²) in [7, 11) is 0. The molecule has 1 unspecified atom stereocenters. The van der Waals surface area contributed by atoms with E-state index in [2.05, 4.69) is 5.32 Å². The van der Waals surface area contributed by atoms with E-state index >= 15 is 0 Å². The molecular formula is C19H19NO5S. The molecule has 0 radical (unpaired) electrons. The number of benzene rings is 2. The highest BCUT2D eigenvalue weighted by atomic mass is 32.2. The second kappa shape index (κ2) is 8.62. The van der Waals surface area contributed by atoms with Crippen LogP contribution < -0.4 is 14.8 Å². The van der Waals surface area contributed by atoms with Crippen molar-refractivity contribution in [1.29, 1.82) is 0 Å². The van der Waals surface area contributed by atoms with Crippen LogP contribution in [-0.2, 0) is 9.53 Å². The van der Waals surface area contributed by atoms with Crippen LogP contribution >= 0.6 is 11.8 Å². The summed E-state index contributed by atoms with van der Waals surface area (Å²) in [6.45, 7) is 0.274. The first kappa shape index (κ1) is 18.1. The molecule has 1 N–H and O–H groups in total. The molecule has 1 aliphatic heterocycles. The number of para-hydroxylation sites is 2. The number of hydrogen-bond acceptors (Lipinski definition) is 6. The zero-order chi connectivity index (χ0) is 18.4. The predicted molar refractivity (Wildman–Crippen MR) is 97.9 cm³/mol. The van der Waals surface area contributed by atoms with E-state index in [0.29, 0.717) is 23.7 Å². The summed E-state index contributed by atoms with van der Waals surface area (Å²) in [5.41, 5.74) is 0.452. The Morgan fingerprint density at radius 2 is 1.88 bits per heavy atom. The number of nitrogens with one attached hydrogen (secondary N) is 1. The fraction of sp³-hybridized carbons (Fsp3) is 0.263. The number of amides is 1. The van der Waals surface area contributed by atoms with E-state index in [1.54, 1.807) is 12.1 Å². The third-order valence-electron chi connectivity index (χ3n) is 3.76. The molecule has 0 bridgehead atoms. The lowest BCUT2D eigenvalue weighted by Crippen LogP contribution is -2.42. The second-order valence-electron chi connectivity index (χ2n) is 5.58. The molecule has 2 aromatic carbocycles. The Morgan fingerprint density at radius 1 is 1.15 bits per heavy atom. The lowest BCUT2D eigenvalue weighted by atomic mass is 10.2. The lowest BCUT2D eigenvalue weighted by Gasteiger charge is -2.26. The number of esters is 1. The quantitative estimate of drug-likeness (QED) is 0.620. The summed E-state index contributed by atoms with van der Waals surface area (Å²) in [5, 5.41) is 2.69. The molecule has 0 saturated heterocycles. The molecule has 1 atom stereocenters. The van der Waals surface area contributed by atoms with Crippen molar-refractivity contribution in [3.8, 4) is 11.5 Å². The molecule has 1 heterocycles. The average molecular weight is 373 g/mol. The molecule has 0 spiro atoms. The number of carbonyl (C=O) groups is 2. The molecule has 3 rings (SSSR count). The Bertz CT molecular complexity index is 795. The fourth-order valence-electron chi connectivity index (χ4n) is 2.46. The van der Waals surface area contributed by atoms with E-state index in [-0.39, 0.29) is 25.2 Å². The molecule has 136 valence electrons. The van der Waals surface area contributed by atoms with Gasteiger partial charge in [-0.2, -0.15) is 0 Å². The monoisotopic (exact) mass is 373 g/mol. The minimum Gasteiger partial charge on any atom is -0.486 e. The SMILES string of the molecule is CSc1ccccc1C(=O)OCC(=O)NCC1COc2ccccc2O1. The number of ether oxygens (including phenoxy) is 3. The van der Waals surface area contributed by atoms with Gasteiger partial charge in [-0.25, -0.2) is 4.79 Å². The Balaban J connectivity index is 1.44. The molecule has 26 heavy (non-hydrogen) atoms. The number of fused-ring (bicyclic) bond motifs is 1. The summed E-state index contributed by atoms with van der Waals surface area (Å²) in [6.07, 6.45) is 1.59. The van der Waals surface area contributed by atoms with Gasteiger partial charge in [0.1, 0.15) is 12.7 Å². The van der Waals surface area contributed by atoms with E-state index in [9.17, 15) is 9.59 Å². The van der Waals surface area contributed by atoms with Gasteiger partial charge in [-0.15, -0.1) is 11.8 Å². The van der Waals surface area contributed by atoms with Crippen molar-refractivity contribution < 1.29 is 23.8 Å². The summed E-state index contributed by atoms with van der Waals surface area (Å²) in [4.78, 5) is 24.9. The zero-order valence-electron chi connectivity index (χ0n) is 14.3. The minimum atomic E-state index is -0.517. The normalized spacial score (nSPS) is 15.2. The van der Waals surface area contributed by atoms with Crippen LogP contribution in [0, 0.1) is 0 Å². The summed E-state index contributed by atoms with van der Waals surface area (Å²) in [5.74, 6) is 0.438. The van der Waals surface area contributed by atoms with Crippen molar-refractivity contribution in [1.82, 2.24) is 5.32 Å². The van der Waals surface area contributed by atoms with E-state index in [1.165, 1.54) is 11.8 Å². The summed E-state index contributed by atoms with van der Waals surface area (Å²) < 4.78 is 16.4. The number of carbonyl (C=O) groups excluding carboxylic acids is 2. The first-order valence-corrected chi connectivity index (χ1v) is 9.35. The average Bonchev–Trinajstić information content (AvgIpc) is 2.70. The number of rotatable bonds is 6. The highest BCUT2D eigenvalue weighted by Gasteiger charge is 2.21. The zero-order valence-corrected chi connectivity index (χ0v) is 15.1. The van der Waals surface area contributed by atoms with Crippen LogP contribution in [0.1, 0.15) is 10.4 Å². The van der Waals surface area contributed by atoms with Crippen molar-refractivity contribution in [3.63, 3.8) is 0 Å². The molecular weight excluding hydrogens is 354 g/mol. The number of hydrogen-bond donors (Lipinski definition) is 1. The van der Waals surface area contributed by atoms with Gasteiger partial charge in [0.15, 0.2) is 18.1 Å². The second-order valence-corrected chi connectivity index (χ2v) is 6.43. The van der Waals surface area contributed by atoms with Gasteiger partial charge >= 0.3 is 5.97 Å². The molecule has 0 saturated carbocycles. The molecule has 1 amide bonds. The Hall–Kier alpha value is -2.67.